The van der Waals surface area contributed by atoms with E-state index in [1.54, 1.807) is 43.1 Å². The summed E-state index contributed by atoms with van der Waals surface area (Å²) in [5.74, 6) is -0.502. The fourth-order valence-corrected chi connectivity index (χ4v) is 3.84. The van der Waals surface area contributed by atoms with Crippen LogP contribution < -0.4 is 14.8 Å². The van der Waals surface area contributed by atoms with E-state index in [2.05, 4.69) is 10.4 Å². The van der Waals surface area contributed by atoms with E-state index in [-0.39, 0.29) is 5.82 Å². The van der Waals surface area contributed by atoms with Gasteiger partial charge in [-0.25, -0.2) is 9.07 Å². The smallest absolute Gasteiger partial charge is 0.311 e. The van der Waals surface area contributed by atoms with Crippen molar-refractivity contribution in [2.75, 3.05) is 21.2 Å². The summed E-state index contributed by atoms with van der Waals surface area (Å²) in [6.07, 6.45) is 1.08. The molecule has 1 N–H and O–H groups in total. The molecule has 36 heavy (non-hydrogen) atoms. The Balaban J connectivity index is 1.64. The lowest BCUT2D eigenvalue weighted by Crippen LogP contribution is -2.46. The molecule has 1 heterocycles. The van der Waals surface area contributed by atoms with Gasteiger partial charge in [-0.15, -0.1) is 0 Å². The zero-order valence-corrected chi connectivity index (χ0v) is 20.4. The molecule has 4 rings (SSSR count). The number of carbonyl (C=O) groups is 2. The summed E-state index contributed by atoms with van der Waals surface area (Å²) in [5.41, 5.74) is 2.32. The van der Waals surface area contributed by atoms with Crippen LogP contribution in [-0.4, -0.2) is 53.7 Å². The third-order valence-electron chi connectivity index (χ3n) is 5.71. The Morgan fingerprint density at radius 1 is 1.03 bits per heavy atom. The standard InChI is InChI=1S/C27H27FN4O4/c1-17(30-26(33)27(34)31(2)3)25(18-6-5-7-22(14-18)35-4)36-23-12-13-24-19(15-23)16-29-32(24)21-10-8-20(28)9-11-21/h5-17,25H,1-4H3,(H,30,33). The van der Waals surface area contributed by atoms with Crippen molar-refractivity contribution in [3.05, 3.63) is 84.3 Å². The molecule has 4 aromatic rings. The van der Waals surface area contributed by atoms with Crippen LogP contribution >= 0.6 is 0 Å². The largest absolute Gasteiger partial charge is 0.497 e. The van der Waals surface area contributed by atoms with E-state index in [4.69, 9.17) is 9.47 Å². The molecule has 2 atom stereocenters. The second-order valence-corrected chi connectivity index (χ2v) is 8.53. The van der Waals surface area contributed by atoms with Gasteiger partial charge in [-0.1, -0.05) is 12.1 Å². The number of nitrogens with zero attached hydrogens (tertiary/aromatic N) is 3. The number of ether oxygens (including phenoxy) is 2. The quantitative estimate of drug-likeness (QED) is 0.398. The molecule has 9 heteroatoms. The fourth-order valence-electron chi connectivity index (χ4n) is 3.84. The van der Waals surface area contributed by atoms with Crippen LogP contribution in [0.25, 0.3) is 16.6 Å². The predicted octanol–water partition coefficient (Wildman–Crippen LogP) is 3.89. The van der Waals surface area contributed by atoms with Crippen LogP contribution in [0.5, 0.6) is 11.5 Å². The number of halogens is 1. The Hall–Kier alpha value is -4.40. The van der Waals surface area contributed by atoms with Gasteiger partial charge in [0.2, 0.25) is 0 Å². The highest BCUT2D eigenvalue weighted by Crippen LogP contribution is 2.30. The number of hydrogen-bond acceptors (Lipinski definition) is 5. The Morgan fingerprint density at radius 2 is 1.78 bits per heavy atom. The number of aromatic nitrogens is 2. The topological polar surface area (TPSA) is 85.7 Å². The highest BCUT2D eigenvalue weighted by atomic mass is 19.1. The molecule has 0 spiro atoms. The molecule has 0 aliphatic heterocycles. The normalized spacial score (nSPS) is 12.6. The van der Waals surface area contributed by atoms with E-state index in [1.165, 1.54) is 31.1 Å². The maximum Gasteiger partial charge on any atom is 0.311 e. The van der Waals surface area contributed by atoms with Gasteiger partial charge in [0, 0.05) is 19.5 Å². The van der Waals surface area contributed by atoms with E-state index < -0.39 is 24.0 Å². The molecule has 8 nitrogen and oxygen atoms in total. The van der Waals surface area contributed by atoms with E-state index in [1.807, 2.05) is 36.4 Å². The Morgan fingerprint density at radius 3 is 2.47 bits per heavy atom. The molecule has 2 unspecified atom stereocenters. The number of rotatable bonds is 7. The molecule has 0 aliphatic carbocycles. The highest BCUT2D eigenvalue weighted by Gasteiger charge is 2.27. The third-order valence-corrected chi connectivity index (χ3v) is 5.71. The maximum atomic E-state index is 13.3. The first kappa shape index (κ1) is 24.7. The number of benzene rings is 3. The minimum Gasteiger partial charge on any atom is -0.497 e. The van der Waals surface area contributed by atoms with E-state index in [9.17, 15) is 14.0 Å². The van der Waals surface area contributed by atoms with Crippen molar-refractivity contribution >= 4 is 22.7 Å². The van der Waals surface area contributed by atoms with Crippen LogP contribution in [-0.2, 0) is 9.59 Å². The van der Waals surface area contributed by atoms with Crippen LogP contribution in [0.4, 0.5) is 4.39 Å². The lowest BCUT2D eigenvalue weighted by atomic mass is 10.0. The summed E-state index contributed by atoms with van der Waals surface area (Å²) in [5, 5.41) is 7.99. The van der Waals surface area contributed by atoms with Crippen LogP contribution in [0.3, 0.4) is 0 Å². The number of methoxy groups -OCH3 is 1. The molecule has 3 aromatic carbocycles. The molecule has 186 valence electrons. The average molecular weight is 491 g/mol. The monoisotopic (exact) mass is 490 g/mol. The van der Waals surface area contributed by atoms with Gasteiger partial charge >= 0.3 is 11.8 Å². The zero-order valence-electron chi connectivity index (χ0n) is 20.4. The first-order valence-corrected chi connectivity index (χ1v) is 11.3. The lowest BCUT2D eigenvalue weighted by Gasteiger charge is -2.27. The molecular formula is C27H27FN4O4. The van der Waals surface area contributed by atoms with Gasteiger partial charge < -0.3 is 19.7 Å². The SMILES string of the molecule is COc1cccc(C(Oc2ccc3c(cnn3-c3ccc(F)cc3)c2)C(C)NC(=O)C(=O)N(C)C)c1. The van der Waals surface area contributed by atoms with E-state index in [0.29, 0.717) is 11.5 Å². The fraction of sp³-hybridized carbons (Fsp3) is 0.222. The van der Waals surface area contributed by atoms with Crippen molar-refractivity contribution < 1.29 is 23.5 Å². The highest BCUT2D eigenvalue weighted by molar-refractivity contribution is 6.34. The summed E-state index contributed by atoms with van der Waals surface area (Å²) in [6, 6.07) is 18.4. The minimum atomic E-state index is -0.722. The first-order chi connectivity index (χ1) is 17.3. The van der Waals surface area contributed by atoms with Crippen LogP contribution in [0.15, 0.2) is 72.9 Å². The van der Waals surface area contributed by atoms with Crippen molar-refractivity contribution in [3.8, 4) is 17.2 Å². The lowest BCUT2D eigenvalue weighted by molar-refractivity contribution is -0.144. The molecule has 2 amide bonds. The van der Waals surface area contributed by atoms with Crippen molar-refractivity contribution in [1.82, 2.24) is 20.0 Å². The molecule has 0 bridgehead atoms. The number of amides is 2. The second-order valence-electron chi connectivity index (χ2n) is 8.53. The number of nitrogens with one attached hydrogen (secondary N) is 1. The Bertz CT molecular complexity index is 1380. The molecule has 0 saturated heterocycles. The molecule has 0 radical (unpaired) electrons. The molecular weight excluding hydrogens is 463 g/mol. The van der Waals surface area contributed by atoms with Crippen molar-refractivity contribution in [3.63, 3.8) is 0 Å². The number of hydrogen-bond donors (Lipinski definition) is 1. The summed E-state index contributed by atoms with van der Waals surface area (Å²) in [6.45, 7) is 1.77. The van der Waals surface area contributed by atoms with Crippen LogP contribution in [0.1, 0.15) is 18.6 Å². The summed E-state index contributed by atoms with van der Waals surface area (Å²) < 4.78 is 26.8. The molecule has 0 fully saturated rings. The minimum absolute atomic E-state index is 0.317. The predicted molar refractivity (Wildman–Crippen MR) is 134 cm³/mol. The maximum absolute atomic E-state index is 13.3. The summed E-state index contributed by atoms with van der Waals surface area (Å²) in [4.78, 5) is 25.7. The van der Waals surface area contributed by atoms with Gasteiger partial charge in [-0.2, -0.15) is 5.10 Å². The second kappa shape index (κ2) is 10.5. The van der Waals surface area contributed by atoms with E-state index >= 15 is 0 Å². The molecule has 1 aromatic heterocycles. The van der Waals surface area contributed by atoms with Gasteiger partial charge in [-0.05, 0) is 67.1 Å². The van der Waals surface area contributed by atoms with E-state index in [0.717, 1.165) is 22.2 Å². The number of fused-ring (bicyclic) bond motifs is 1. The van der Waals surface area contributed by atoms with Crippen LogP contribution in [0.2, 0.25) is 0 Å². The van der Waals surface area contributed by atoms with Crippen molar-refractivity contribution in [2.24, 2.45) is 0 Å². The van der Waals surface area contributed by atoms with Gasteiger partial charge in [0.1, 0.15) is 23.4 Å². The number of carbonyl (C=O) groups excluding carboxylic acids is 2. The molecule has 0 saturated carbocycles. The van der Waals surface area contributed by atoms with Crippen LogP contribution in [0, 0.1) is 5.82 Å². The van der Waals surface area contributed by atoms with Gasteiger partial charge in [0.05, 0.1) is 30.6 Å². The van der Waals surface area contributed by atoms with Crippen molar-refractivity contribution in [1.29, 1.82) is 0 Å². The third kappa shape index (κ3) is 5.30. The number of likely N-dealkylation sites (N-methyl/N-ethyl adjacent to an activating group) is 1. The van der Waals surface area contributed by atoms with Gasteiger partial charge in [-0.3, -0.25) is 9.59 Å². The molecule has 0 aliphatic rings. The average Bonchev–Trinajstić information content (AvgIpc) is 3.30. The van der Waals surface area contributed by atoms with Crippen molar-refractivity contribution in [2.45, 2.75) is 19.1 Å². The summed E-state index contributed by atoms with van der Waals surface area (Å²) in [7, 11) is 4.61. The first-order valence-electron chi connectivity index (χ1n) is 11.3. The summed E-state index contributed by atoms with van der Waals surface area (Å²) >= 11 is 0. The van der Waals surface area contributed by atoms with Gasteiger partial charge in [0.15, 0.2) is 0 Å². The zero-order chi connectivity index (χ0) is 25.8. The Labute approximate surface area is 208 Å². The Kier molecular flexibility index (Phi) is 7.19. The van der Waals surface area contributed by atoms with Gasteiger partial charge in [0.25, 0.3) is 0 Å².